The van der Waals surface area contributed by atoms with E-state index in [1.807, 2.05) is 11.8 Å². The molecule has 1 atom stereocenters. The first-order valence-electron chi connectivity index (χ1n) is 4.88. The third kappa shape index (κ3) is 6.36. The maximum Gasteiger partial charge on any atom is 0.0226 e. The van der Waals surface area contributed by atoms with E-state index >= 15 is 0 Å². The smallest absolute Gasteiger partial charge is 0.0226 e. The Morgan fingerprint density at radius 3 is 2.31 bits per heavy atom. The molecule has 0 rings (SSSR count). The Hall–Kier alpha value is 0.270. The molecule has 2 nitrogen and oxygen atoms in total. The summed E-state index contributed by atoms with van der Waals surface area (Å²) >= 11 is 1.91. The van der Waals surface area contributed by atoms with Gasteiger partial charge in [-0.15, -0.1) is 0 Å². The second-order valence-corrected chi connectivity index (χ2v) is 5.33. The molecule has 0 fully saturated rings. The summed E-state index contributed by atoms with van der Waals surface area (Å²) in [7, 11) is 2.17. The molecule has 3 heteroatoms. The number of nitrogens with two attached hydrogens (primary N) is 1. The van der Waals surface area contributed by atoms with Crippen molar-refractivity contribution in [2.45, 2.75) is 38.8 Å². The minimum atomic E-state index is -0.0828. The fourth-order valence-corrected chi connectivity index (χ4v) is 2.40. The van der Waals surface area contributed by atoms with E-state index in [1.165, 1.54) is 12.2 Å². The molecule has 0 aliphatic rings. The Labute approximate surface area is 87.2 Å². The lowest BCUT2D eigenvalue weighted by Crippen LogP contribution is -2.47. The van der Waals surface area contributed by atoms with E-state index in [2.05, 4.69) is 39.0 Å². The molecule has 0 aromatic heterocycles. The van der Waals surface area contributed by atoms with Gasteiger partial charge in [-0.2, -0.15) is 11.8 Å². The van der Waals surface area contributed by atoms with Crippen LogP contribution in [0.1, 0.15) is 27.2 Å². The average Bonchev–Trinajstić information content (AvgIpc) is 1.96. The summed E-state index contributed by atoms with van der Waals surface area (Å²) in [5.74, 6) is 1.20. The van der Waals surface area contributed by atoms with Gasteiger partial charge >= 0.3 is 0 Å². The first-order valence-corrected chi connectivity index (χ1v) is 6.28. The Morgan fingerprint density at radius 2 is 2.00 bits per heavy atom. The highest BCUT2D eigenvalue weighted by atomic mass is 32.2. The van der Waals surface area contributed by atoms with E-state index in [9.17, 15) is 0 Å². The van der Waals surface area contributed by atoms with Crippen LogP contribution < -0.4 is 5.73 Å². The molecule has 13 heavy (non-hydrogen) atoms. The van der Waals surface area contributed by atoms with Crippen LogP contribution in [0.15, 0.2) is 0 Å². The van der Waals surface area contributed by atoms with Gasteiger partial charge in [-0.1, -0.05) is 6.92 Å². The van der Waals surface area contributed by atoms with Crippen molar-refractivity contribution in [3.63, 3.8) is 0 Å². The highest BCUT2D eigenvalue weighted by Gasteiger charge is 2.18. The van der Waals surface area contributed by atoms with Crippen LogP contribution in [0, 0.1) is 0 Å². The van der Waals surface area contributed by atoms with Crippen LogP contribution in [-0.4, -0.2) is 42.1 Å². The standard InChI is InChI=1S/C10H24N2S/c1-6-9(7-13-5)12(4)8-10(2,3)11/h9H,6-8,11H2,1-5H3. The van der Waals surface area contributed by atoms with Crippen LogP contribution in [-0.2, 0) is 0 Å². The molecule has 0 saturated carbocycles. The molecule has 0 aromatic carbocycles. The van der Waals surface area contributed by atoms with Crippen LogP contribution >= 0.6 is 11.8 Å². The van der Waals surface area contributed by atoms with Crippen LogP contribution in [0.25, 0.3) is 0 Å². The zero-order valence-corrected chi connectivity index (χ0v) is 10.4. The summed E-state index contributed by atoms with van der Waals surface area (Å²) in [6.45, 7) is 7.36. The molecular formula is C10H24N2S. The van der Waals surface area contributed by atoms with E-state index in [4.69, 9.17) is 5.73 Å². The molecule has 2 N–H and O–H groups in total. The summed E-state index contributed by atoms with van der Waals surface area (Å²) < 4.78 is 0. The molecule has 0 bridgehead atoms. The van der Waals surface area contributed by atoms with Gasteiger partial charge in [0.15, 0.2) is 0 Å². The van der Waals surface area contributed by atoms with Crippen molar-refractivity contribution >= 4 is 11.8 Å². The topological polar surface area (TPSA) is 29.3 Å². The van der Waals surface area contributed by atoms with Crippen molar-refractivity contribution < 1.29 is 0 Å². The molecule has 0 heterocycles. The zero-order chi connectivity index (χ0) is 10.5. The second kappa shape index (κ2) is 5.89. The normalized spacial score (nSPS) is 15.0. The molecule has 0 aliphatic carbocycles. The number of nitrogens with zero attached hydrogens (tertiary/aromatic N) is 1. The molecule has 80 valence electrons. The minimum Gasteiger partial charge on any atom is -0.324 e. The quantitative estimate of drug-likeness (QED) is 0.715. The third-order valence-electron chi connectivity index (χ3n) is 2.11. The van der Waals surface area contributed by atoms with Gasteiger partial charge in [0.2, 0.25) is 0 Å². The highest BCUT2D eigenvalue weighted by molar-refractivity contribution is 7.98. The zero-order valence-electron chi connectivity index (χ0n) is 9.63. The van der Waals surface area contributed by atoms with Gasteiger partial charge in [0.05, 0.1) is 0 Å². The lowest BCUT2D eigenvalue weighted by Gasteiger charge is -2.32. The molecular weight excluding hydrogens is 180 g/mol. The van der Waals surface area contributed by atoms with Crippen molar-refractivity contribution in [3.8, 4) is 0 Å². The molecule has 0 aromatic rings. The van der Waals surface area contributed by atoms with Gasteiger partial charge in [0.1, 0.15) is 0 Å². The maximum atomic E-state index is 5.98. The first kappa shape index (κ1) is 13.3. The maximum absolute atomic E-state index is 5.98. The summed E-state index contributed by atoms with van der Waals surface area (Å²) in [6, 6.07) is 0.665. The lowest BCUT2D eigenvalue weighted by molar-refractivity contribution is 0.212. The summed E-state index contributed by atoms with van der Waals surface area (Å²) in [5, 5.41) is 0. The van der Waals surface area contributed by atoms with Crippen molar-refractivity contribution in [2.75, 3.05) is 25.6 Å². The Kier molecular flexibility index (Phi) is 6.01. The predicted molar refractivity (Wildman–Crippen MR) is 63.4 cm³/mol. The fraction of sp³-hybridized carbons (Fsp3) is 1.00. The molecule has 1 unspecified atom stereocenters. The van der Waals surface area contributed by atoms with Crippen molar-refractivity contribution in [3.05, 3.63) is 0 Å². The molecule has 0 spiro atoms. The largest absolute Gasteiger partial charge is 0.324 e. The van der Waals surface area contributed by atoms with E-state index in [-0.39, 0.29) is 5.54 Å². The van der Waals surface area contributed by atoms with Crippen LogP contribution in [0.2, 0.25) is 0 Å². The molecule has 0 saturated heterocycles. The summed E-state index contributed by atoms with van der Waals surface area (Å²) in [6.07, 6.45) is 3.36. The van der Waals surface area contributed by atoms with Gasteiger partial charge in [-0.05, 0) is 33.6 Å². The first-order chi connectivity index (χ1) is 5.90. The van der Waals surface area contributed by atoms with E-state index in [0.29, 0.717) is 6.04 Å². The predicted octanol–water partition coefficient (Wildman–Crippen LogP) is 1.80. The highest BCUT2D eigenvalue weighted by Crippen LogP contribution is 2.10. The number of hydrogen-bond acceptors (Lipinski definition) is 3. The Morgan fingerprint density at radius 1 is 1.46 bits per heavy atom. The van der Waals surface area contributed by atoms with Crippen molar-refractivity contribution in [1.82, 2.24) is 4.90 Å². The second-order valence-electron chi connectivity index (χ2n) is 4.42. The van der Waals surface area contributed by atoms with Crippen LogP contribution in [0.3, 0.4) is 0 Å². The third-order valence-corrected chi connectivity index (χ3v) is 2.83. The number of hydrogen-bond donors (Lipinski definition) is 1. The summed E-state index contributed by atoms with van der Waals surface area (Å²) in [4.78, 5) is 2.37. The Bertz CT molecular complexity index is 131. The number of likely N-dealkylation sites (N-methyl/N-ethyl adjacent to an activating group) is 1. The average molecular weight is 204 g/mol. The lowest BCUT2D eigenvalue weighted by atomic mass is 10.1. The molecule has 0 aliphatic heterocycles. The monoisotopic (exact) mass is 204 g/mol. The van der Waals surface area contributed by atoms with Crippen molar-refractivity contribution in [2.24, 2.45) is 5.73 Å². The number of thioether (sulfide) groups is 1. The minimum absolute atomic E-state index is 0.0828. The van der Waals surface area contributed by atoms with Gasteiger partial charge in [-0.3, -0.25) is 0 Å². The van der Waals surface area contributed by atoms with Gasteiger partial charge < -0.3 is 10.6 Å². The van der Waals surface area contributed by atoms with Gasteiger partial charge in [-0.25, -0.2) is 0 Å². The summed E-state index contributed by atoms with van der Waals surface area (Å²) in [5.41, 5.74) is 5.89. The molecule has 0 amide bonds. The Balaban J connectivity index is 3.97. The van der Waals surface area contributed by atoms with E-state index in [0.717, 1.165) is 6.54 Å². The SMILES string of the molecule is CCC(CSC)N(C)CC(C)(C)N. The van der Waals surface area contributed by atoms with E-state index < -0.39 is 0 Å². The van der Waals surface area contributed by atoms with Gasteiger partial charge in [0.25, 0.3) is 0 Å². The fourth-order valence-electron chi connectivity index (χ4n) is 1.52. The van der Waals surface area contributed by atoms with Crippen LogP contribution in [0.5, 0.6) is 0 Å². The van der Waals surface area contributed by atoms with Crippen molar-refractivity contribution in [1.29, 1.82) is 0 Å². The van der Waals surface area contributed by atoms with Gasteiger partial charge in [0, 0.05) is 23.9 Å². The molecule has 0 radical (unpaired) electrons. The number of rotatable bonds is 6. The van der Waals surface area contributed by atoms with Crippen LogP contribution in [0.4, 0.5) is 0 Å². The van der Waals surface area contributed by atoms with E-state index in [1.54, 1.807) is 0 Å².